The van der Waals surface area contributed by atoms with E-state index in [0.29, 0.717) is 19.5 Å². The molecule has 0 radical (unpaired) electrons. The Bertz CT molecular complexity index is 438. The highest BCUT2D eigenvalue weighted by molar-refractivity contribution is 8.14. The molecule has 18 heavy (non-hydrogen) atoms. The van der Waals surface area contributed by atoms with Crippen LogP contribution in [-0.2, 0) is 16.0 Å². The number of carbonyl (C=O) groups is 2. The van der Waals surface area contributed by atoms with Crippen LogP contribution in [0.2, 0.25) is 0 Å². The molecule has 1 atom stereocenters. The van der Waals surface area contributed by atoms with E-state index in [4.69, 9.17) is 0 Å². The Labute approximate surface area is 110 Å². The van der Waals surface area contributed by atoms with Gasteiger partial charge < -0.3 is 4.90 Å². The summed E-state index contributed by atoms with van der Waals surface area (Å²) in [6.45, 7) is 2.87. The number of aromatic nitrogens is 2. The molecule has 0 spiro atoms. The van der Waals surface area contributed by atoms with Crippen LogP contribution in [0.4, 0.5) is 0 Å². The van der Waals surface area contributed by atoms with Crippen LogP contribution in [0.25, 0.3) is 0 Å². The molecule has 1 amide bonds. The van der Waals surface area contributed by atoms with Crippen molar-refractivity contribution in [2.24, 2.45) is 0 Å². The van der Waals surface area contributed by atoms with E-state index < -0.39 is 0 Å². The van der Waals surface area contributed by atoms with Crippen LogP contribution >= 0.6 is 11.8 Å². The SMILES string of the molecule is CC(=O)SC1CC(=O)N(CCc2cncnc2)C1. The molecule has 2 rings (SSSR count). The number of thioether (sulfide) groups is 1. The first-order valence-corrected chi connectivity index (χ1v) is 6.72. The molecule has 0 aliphatic carbocycles. The quantitative estimate of drug-likeness (QED) is 0.809. The van der Waals surface area contributed by atoms with Crippen LogP contribution in [0.5, 0.6) is 0 Å². The molecule has 1 fully saturated rings. The van der Waals surface area contributed by atoms with Gasteiger partial charge in [0.1, 0.15) is 6.33 Å². The molecule has 1 aliphatic rings. The molecule has 6 heteroatoms. The van der Waals surface area contributed by atoms with Crippen LogP contribution in [0, 0.1) is 0 Å². The summed E-state index contributed by atoms with van der Waals surface area (Å²) in [6, 6.07) is 0. The molecule has 0 saturated carbocycles. The summed E-state index contributed by atoms with van der Waals surface area (Å²) in [6.07, 6.45) is 6.23. The van der Waals surface area contributed by atoms with Gasteiger partial charge in [-0.25, -0.2) is 9.97 Å². The van der Waals surface area contributed by atoms with Crippen LogP contribution in [-0.4, -0.2) is 44.2 Å². The lowest BCUT2D eigenvalue weighted by Gasteiger charge is -2.15. The number of hydrogen-bond acceptors (Lipinski definition) is 5. The monoisotopic (exact) mass is 265 g/mol. The summed E-state index contributed by atoms with van der Waals surface area (Å²) in [5.74, 6) is 0.130. The smallest absolute Gasteiger partial charge is 0.223 e. The Morgan fingerprint density at radius 2 is 2.22 bits per heavy atom. The zero-order valence-electron chi connectivity index (χ0n) is 10.2. The van der Waals surface area contributed by atoms with E-state index in [0.717, 1.165) is 12.0 Å². The number of hydrogen-bond donors (Lipinski definition) is 0. The largest absolute Gasteiger partial charge is 0.341 e. The third-order valence-electron chi connectivity index (χ3n) is 2.80. The topological polar surface area (TPSA) is 63.2 Å². The van der Waals surface area contributed by atoms with Crippen LogP contribution < -0.4 is 0 Å². The van der Waals surface area contributed by atoms with Crippen LogP contribution in [0.3, 0.4) is 0 Å². The molecular weight excluding hydrogens is 250 g/mol. The molecule has 1 unspecified atom stereocenters. The summed E-state index contributed by atoms with van der Waals surface area (Å²) in [7, 11) is 0. The second-order valence-corrected chi connectivity index (χ2v) is 5.75. The van der Waals surface area contributed by atoms with Crippen molar-refractivity contribution in [2.45, 2.75) is 25.0 Å². The second kappa shape index (κ2) is 5.95. The van der Waals surface area contributed by atoms with Crippen molar-refractivity contribution in [2.75, 3.05) is 13.1 Å². The normalized spacial score (nSPS) is 19.3. The average Bonchev–Trinajstić information content (AvgIpc) is 2.67. The van der Waals surface area contributed by atoms with Crippen LogP contribution in [0.15, 0.2) is 18.7 Å². The van der Waals surface area contributed by atoms with Crippen molar-refractivity contribution < 1.29 is 9.59 Å². The highest BCUT2D eigenvalue weighted by Gasteiger charge is 2.30. The minimum absolute atomic E-state index is 0.0751. The zero-order chi connectivity index (χ0) is 13.0. The Morgan fingerprint density at radius 1 is 1.50 bits per heavy atom. The van der Waals surface area contributed by atoms with Gasteiger partial charge in [0.05, 0.1) is 0 Å². The minimum atomic E-state index is 0.0751. The molecule has 1 aromatic rings. The second-order valence-electron chi connectivity index (χ2n) is 4.27. The van der Waals surface area contributed by atoms with Gasteiger partial charge in [-0.05, 0) is 12.0 Å². The summed E-state index contributed by atoms with van der Waals surface area (Å²) < 4.78 is 0. The fourth-order valence-corrected chi connectivity index (χ4v) is 2.94. The van der Waals surface area contributed by atoms with E-state index in [9.17, 15) is 9.59 Å². The van der Waals surface area contributed by atoms with Crippen molar-refractivity contribution in [3.05, 3.63) is 24.3 Å². The molecule has 0 N–H and O–H groups in total. The molecule has 5 nitrogen and oxygen atoms in total. The lowest BCUT2D eigenvalue weighted by Crippen LogP contribution is -2.28. The predicted molar refractivity (Wildman–Crippen MR) is 69.0 cm³/mol. The minimum Gasteiger partial charge on any atom is -0.341 e. The molecule has 96 valence electrons. The first-order chi connectivity index (χ1) is 8.65. The first-order valence-electron chi connectivity index (χ1n) is 5.84. The lowest BCUT2D eigenvalue weighted by atomic mass is 10.2. The number of likely N-dealkylation sites (tertiary alicyclic amines) is 1. The van der Waals surface area contributed by atoms with Gasteiger partial charge in [0.25, 0.3) is 0 Å². The summed E-state index contributed by atoms with van der Waals surface area (Å²) in [5, 5.41) is 0.188. The van der Waals surface area contributed by atoms with Crippen molar-refractivity contribution in [3.63, 3.8) is 0 Å². The molecule has 1 aromatic heterocycles. The third kappa shape index (κ3) is 3.53. The lowest BCUT2D eigenvalue weighted by molar-refractivity contribution is -0.127. The van der Waals surface area contributed by atoms with Gasteiger partial charge >= 0.3 is 0 Å². The zero-order valence-corrected chi connectivity index (χ0v) is 11.0. The molecule has 2 heterocycles. The maximum absolute atomic E-state index is 11.8. The summed E-state index contributed by atoms with van der Waals surface area (Å²) in [5.41, 5.74) is 1.02. The van der Waals surface area contributed by atoms with Crippen LogP contribution in [0.1, 0.15) is 18.9 Å². The number of nitrogens with zero attached hydrogens (tertiary/aromatic N) is 3. The van der Waals surface area contributed by atoms with Gasteiger partial charge in [0, 0.05) is 44.1 Å². The number of amides is 1. The van der Waals surface area contributed by atoms with Gasteiger partial charge in [-0.2, -0.15) is 0 Å². The summed E-state index contributed by atoms with van der Waals surface area (Å²) >= 11 is 1.27. The Hall–Kier alpha value is -1.43. The number of rotatable bonds is 4. The van der Waals surface area contributed by atoms with Gasteiger partial charge in [0.15, 0.2) is 5.12 Å². The predicted octanol–water partition coefficient (Wildman–Crippen LogP) is 0.900. The van der Waals surface area contributed by atoms with Crippen molar-refractivity contribution in [3.8, 4) is 0 Å². The van der Waals surface area contributed by atoms with E-state index in [1.54, 1.807) is 19.3 Å². The maximum Gasteiger partial charge on any atom is 0.223 e. The Balaban J connectivity index is 1.83. The van der Waals surface area contributed by atoms with Gasteiger partial charge in [-0.15, -0.1) is 0 Å². The van der Waals surface area contributed by atoms with E-state index in [-0.39, 0.29) is 16.3 Å². The standard InChI is InChI=1S/C12H15N3O2S/c1-9(16)18-11-4-12(17)15(7-11)3-2-10-5-13-8-14-6-10/h5-6,8,11H,2-4,7H2,1H3. The van der Waals surface area contributed by atoms with Crippen molar-refractivity contribution in [1.29, 1.82) is 0 Å². The van der Waals surface area contributed by atoms with Gasteiger partial charge in [-0.1, -0.05) is 11.8 Å². The van der Waals surface area contributed by atoms with Crippen molar-refractivity contribution in [1.82, 2.24) is 14.9 Å². The molecule has 1 aliphatic heterocycles. The van der Waals surface area contributed by atoms with E-state index in [1.807, 2.05) is 4.90 Å². The Morgan fingerprint density at radius 3 is 2.89 bits per heavy atom. The highest BCUT2D eigenvalue weighted by atomic mass is 32.2. The molecule has 1 saturated heterocycles. The first kappa shape index (κ1) is 13.0. The highest BCUT2D eigenvalue weighted by Crippen LogP contribution is 2.24. The fraction of sp³-hybridized carbons (Fsp3) is 0.500. The van der Waals surface area contributed by atoms with E-state index in [1.165, 1.54) is 18.1 Å². The fourth-order valence-electron chi connectivity index (χ4n) is 1.99. The Kier molecular flexibility index (Phi) is 4.30. The van der Waals surface area contributed by atoms with Crippen molar-refractivity contribution >= 4 is 22.8 Å². The van der Waals surface area contributed by atoms with E-state index >= 15 is 0 Å². The average molecular weight is 265 g/mol. The summed E-state index contributed by atoms with van der Waals surface area (Å²) in [4.78, 5) is 32.5. The maximum atomic E-state index is 11.8. The third-order valence-corrected chi connectivity index (χ3v) is 3.78. The molecule has 0 bridgehead atoms. The molecular formula is C12H15N3O2S. The van der Waals surface area contributed by atoms with Gasteiger partial charge in [-0.3, -0.25) is 9.59 Å². The molecule has 0 aromatic carbocycles. The van der Waals surface area contributed by atoms with E-state index in [2.05, 4.69) is 9.97 Å². The number of carbonyl (C=O) groups excluding carboxylic acids is 2. The van der Waals surface area contributed by atoms with Gasteiger partial charge in [0.2, 0.25) is 5.91 Å².